The molecule has 0 atom stereocenters. The lowest BCUT2D eigenvalue weighted by molar-refractivity contribution is 0.804. The van der Waals surface area contributed by atoms with Crippen molar-refractivity contribution in [3.05, 3.63) is 42.4 Å². The zero-order valence-electron chi connectivity index (χ0n) is 10.3. The summed E-state index contributed by atoms with van der Waals surface area (Å²) < 4.78 is 1.74. The molecule has 0 aliphatic carbocycles. The third-order valence-corrected chi connectivity index (χ3v) is 3.04. The minimum Gasteiger partial charge on any atom is -0.277 e. The van der Waals surface area contributed by atoms with Gasteiger partial charge in [-0.25, -0.2) is 4.68 Å². The van der Waals surface area contributed by atoms with Gasteiger partial charge in [-0.1, -0.05) is 11.3 Å². The number of benzene rings is 1. The van der Waals surface area contributed by atoms with E-state index in [1.54, 1.807) is 10.9 Å². The Morgan fingerprint density at radius 1 is 1.39 bits per heavy atom. The Kier molecular flexibility index (Phi) is 2.44. The summed E-state index contributed by atoms with van der Waals surface area (Å²) >= 11 is 0. The van der Waals surface area contributed by atoms with E-state index in [4.69, 9.17) is 0 Å². The molecule has 2 heterocycles. The molecule has 0 aliphatic rings. The first-order chi connectivity index (χ1) is 8.79. The van der Waals surface area contributed by atoms with Gasteiger partial charge in [0.15, 0.2) is 0 Å². The maximum absolute atomic E-state index is 4.35. The van der Waals surface area contributed by atoms with Crippen LogP contribution >= 0.6 is 0 Å². The Morgan fingerprint density at radius 2 is 2.28 bits per heavy atom. The number of hydrogen-bond acceptors (Lipinski definition) is 3. The monoisotopic (exact) mass is 239 g/mol. The number of nitrogens with one attached hydrogen (secondary N) is 1. The molecule has 0 unspecified atom stereocenters. The Hall–Kier alpha value is -2.43. The standard InChI is InChI=1S/C13H13N5/c1-3-9(2)13-11-8-10(18-7-6-14-17-18)4-5-12(11)15-16-13/h3-8H,1-2H3,(H,15,16)/b9-3+. The zero-order valence-corrected chi connectivity index (χ0v) is 10.3. The largest absolute Gasteiger partial charge is 0.277 e. The van der Waals surface area contributed by atoms with Crippen LogP contribution in [0.5, 0.6) is 0 Å². The van der Waals surface area contributed by atoms with Crippen molar-refractivity contribution < 1.29 is 0 Å². The van der Waals surface area contributed by atoms with Crippen LogP contribution in [0.15, 0.2) is 36.7 Å². The number of rotatable bonds is 2. The van der Waals surface area contributed by atoms with Gasteiger partial charge >= 0.3 is 0 Å². The molecule has 1 aromatic carbocycles. The molecule has 5 nitrogen and oxygen atoms in total. The summed E-state index contributed by atoms with van der Waals surface area (Å²) in [7, 11) is 0. The van der Waals surface area contributed by atoms with E-state index in [0.717, 1.165) is 27.9 Å². The first kappa shape index (κ1) is 10.7. The van der Waals surface area contributed by atoms with Gasteiger partial charge in [0, 0.05) is 5.39 Å². The molecular weight excluding hydrogens is 226 g/mol. The van der Waals surface area contributed by atoms with Crippen molar-refractivity contribution in [2.75, 3.05) is 0 Å². The van der Waals surface area contributed by atoms with Crippen molar-refractivity contribution in [1.29, 1.82) is 0 Å². The van der Waals surface area contributed by atoms with E-state index in [1.807, 2.05) is 25.3 Å². The molecule has 18 heavy (non-hydrogen) atoms. The molecule has 90 valence electrons. The van der Waals surface area contributed by atoms with Crippen LogP contribution in [0.2, 0.25) is 0 Å². The molecule has 3 rings (SSSR count). The van der Waals surface area contributed by atoms with Crippen LogP contribution in [0, 0.1) is 0 Å². The Bertz CT molecular complexity index is 706. The average molecular weight is 239 g/mol. The van der Waals surface area contributed by atoms with Crippen molar-refractivity contribution in [3.63, 3.8) is 0 Å². The predicted molar refractivity (Wildman–Crippen MR) is 70.3 cm³/mol. The smallest absolute Gasteiger partial charge is 0.0953 e. The molecule has 3 aromatic rings. The van der Waals surface area contributed by atoms with Gasteiger partial charge in [-0.15, -0.1) is 5.10 Å². The lowest BCUT2D eigenvalue weighted by Gasteiger charge is -2.01. The van der Waals surface area contributed by atoms with Gasteiger partial charge in [0.1, 0.15) is 0 Å². The van der Waals surface area contributed by atoms with Crippen LogP contribution in [-0.4, -0.2) is 25.2 Å². The highest BCUT2D eigenvalue weighted by Crippen LogP contribution is 2.24. The number of hydrogen-bond donors (Lipinski definition) is 1. The summed E-state index contributed by atoms with van der Waals surface area (Å²) in [5.41, 5.74) is 4.13. The normalized spacial score (nSPS) is 12.2. The molecule has 0 bridgehead atoms. The van der Waals surface area contributed by atoms with E-state index >= 15 is 0 Å². The molecule has 0 radical (unpaired) electrons. The number of fused-ring (bicyclic) bond motifs is 1. The molecule has 0 saturated carbocycles. The van der Waals surface area contributed by atoms with Crippen LogP contribution < -0.4 is 0 Å². The maximum atomic E-state index is 4.35. The highest BCUT2D eigenvalue weighted by Gasteiger charge is 2.08. The predicted octanol–water partition coefficient (Wildman–Crippen LogP) is 2.57. The lowest BCUT2D eigenvalue weighted by atomic mass is 10.1. The highest BCUT2D eigenvalue weighted by atomic mass is 15.4. The summed E-state index contributed by atoms with van der Waals surface area (Å²) in [5.74, 6) is 0. The Balaban J connectivity index is 2.22. The molecule has 0 saturated heterocycles. The van der Waals surface area contributed by atoms with E-state index < -0.39 is 0 Å². The minimum atomic E-state index is 0.978. The molecule has 0 amide bonds. The quantitative estimate of drug-likeness (QED) is 0.747. The van der Waals surface area contributed by atoms with Crippen molar-refractivity contribution in [2.24, 2.45) is 0 Å². The zero-order chi connectivity index (χ0) is 12.5. The molecule has 2 aromatic heterocycles. The first-order valence-electron chi connectivity index (χ1n) is 5.77. The number of aromatic amines is 1. The second-order valence-corrected chi connectivity index (χ2v) is 4.12. The summed E-state index contributed by atoms with van der Waals surface area (Å²) in [4.78, 5) is 0. The summed E-state index contributed by atoms with van der Waals surface area (Å²) in [5, 5.41) is 16.3. The fourth-order valence-corrected chi connectivity index (χ4v) is 1.93. The van der Waals surface area contributed by atoms with Gasteiger partial charge in [-0.3, -0.25) is 5.10 Å². The third-order valence-electron chi connectivity index (χ3n) is 3.04. The van der Waals surface area contributed by atoms with Gasteiger partial charge in [-0.2, -0.15) is 5.10 Å². The number of H-pyrrole nitrogens is 1. The van der Waals surface area contributed by atoms with Crippen molar-refractivity contribution >= 4 is 16.5 Å². The van der Waals surface area contributed by atoms with Gasteiger partial charge in [-0.05, 0) is 37.6 Å². The molecule has 0 aliphatic heterocycles. The third kappa shape index (κ3) is 1.60. The summed E-state index contributed by atoms with van der Waals surface area (Å²) in [6, 6.07) is 6.06. The average Bonchev–Trinajstić information content (AvgIpc) is 3.06. The summed E-state index contributed by atoms with van der Waals surface area (Å²) in [6.07, 6.45) is 5.54. The number of allylic oxidation sites excluding steroid dienone is 2. The van der Waals surface area contributed by atoms with Crippen LogP contribution in [0.4, 0.5) is 0 Å². The van der Waals surface area contributed by atoms with E-state index in [-0.39, 0.29) is 0 Å². The maximum Gasteiger partial charge on any atom is 0.0953 e. The van der Waals surface area contributed by atoms with Gasteiger partial charge < -0.3 is 0 Å². The fraction of sp³-hybridized carbons (Fsp3) is 0.154. The molecule has 5 heteroatoms. The Morgan fingerprint density at radius 3 is 3.00 bits per heavy atom. The first-order valence-corrected chi connectivity index (χ1v) is 5.77. The van der Waals surface area contributed by atoms with Gasteiger partial charge in [0.2, 0.25) is 0 Å². The topological polar surface area (TPSA) is 59.4 Å². The highest BCUT2D eigenvalue weighted by molar-refractivity contribution is 5.91. The second kappa shape index (κ2) is 4.10. The van der Waals surface area contributed by atoms with Crippen molar-refractivity contribution in [2.45, 2.75) is 13.8 Å². The molecule has 1 N–H and O–H groups in total. The van der Waals surface area contributed by atoms with E-state index in [2.05, 4.69) is 39.6 Å². The SMILES string of the molecule is C/C=C(\C)c1n[nH]c2ccc(-n3ccnn3)cc12. The minimum absolute atomic E-state index is 0.978. The summed E-state index contributed by atoms with van der Waals surface area (Å²) in [6.45, 7) is 4.06. The van der Waals surface area contributed by atoms with Gasteiger partial charge in [0.05, 0.1) is 29.3 Å². The van der Waals surface area contributed by atoms with Crippen molar-refractivity contribution in [3.8, 4) is 5.69 Å². The molecule has 0 fully saturated rings. The molecular formula is C13H13N5. The molecule has 0 spiro atoms. The van der Waals surface area contributed by atoms with Gasteiger partial charge in [0.25, 0.3) is 0 Å². The van der Waals surface area contributed by atoms with E-state index in [1.165, 1.54) is 0 Å². The number of aromatic nitrogens is 5. The van der Waals surface area contributed by atoms with Crippen LogP contribution in [0.25, 0.3) is 22.2 Å². The van der Waals surface area contributed by atoms with Crippen LogP contribution in [0.3, 0.4) is 0 Å². The fourth-order valence-electron chi connectivity index (χ4n) is 1.93. The lowest BCUT2D eigenvalue weighted by Crippen LogP contribution is -1.94. The van der Waals surface area contributed by atoms with E-state index in [9.17, 15) is 0 Å². The van der Waals surface area contributed by atoms with Crippen molar-refractivity contribution in [1.82, 2.24) is 25.2 Å². The number of nitrogens with zero attached hydrogens (tertiary/aromatic N) is 4. The Labute approximate surface area is 104 Å². The second-order valence-electron chi connectivity index (χ2n) is 4.12. The van der Waals surface area contributed by atoms with E-state index in [0.29, 0.717) is 0 Å². The van der Waals surface area contributed by atoms with Crippen LogP contribution in [0.1, 0.15) is 19.5 Å². The van der Waals surface area contributed by atoms with Crippen LogP contribution in [-0.2, 0) is 0 Å².